The molecule has 17 heavy (non-hydrogen) atoms. The lowest BCUT2D eigenvalue weighted by molar-refractivity contribution is -0.122. The zero-order valence-electron chi connectivity index (χ0n) is 10.7. The van der Waals surface area contributed by atoms with E-state index in [2.05, 4.69) is 5.32 Å². The van der Waals surface area contributed by atoms with Crippen LogP contribution in [0, 0.1) is 29.6 Å². The van der Waals surface area contributed by atoms with Gasteiger partial charge in [0.25, 0.3) is 0 Å². The van der Waals surface area contributed by atoms with Gasteiger partial charge >= 0.3 is 0 Å². The largest absolute Gasteiger partial charge is 0.359 e. The van der Waals surface area contributed by atoms with Gasteiger partial charge in [-0.2, -0.15) is 0 Å². The normalized spacial score (nSPS) is 44.7. The molecule has 4 aliphatic carbocycles. The van der Waals surface area contributed by atoms with E-state index in [9.17, 15) is 4.79 Å². The highest BCUT2D eigenvalue weighted by Crippen LogP contribution is 2.57. The van der Waals surface area contributed by atoms with Crippen molar-refractivity contribution in [3.63, 3.8) is 0 Å². The van der Waals surface area contributed by atoms with Gasteiger partial charge < -0.3 is 11.1 Å². The van der Waals surface area contributed by atoms with E-state index in [1.165, 1.54) is 32.1 Å². The van der Waals surface area contributed by atoms with Crippen molar-refractivity contribution in [2.75, 3.05) is 7.05 Å². The van der Waals surface area contributed by atoms with Crippen LogP contribution in [0.15, 0.2) is 0 Å². The standard InChI is InChI=1S/C14H24N2O/c1-16-13(17)7-12(15)14-10-3-8-2-9(5-10)6-11(14)4-8/h8-12,14H,2-7,15H2,1H3,(H,16,17). The number of rotatable bonds is 3. The fourth-order valence-corrected chi connectivity index (χ4v) is 5.12. The first-order valence-electron chi connectivity index (χ1n) is 7.13. The summed E-state index contributed by atoms with van der Waals surface area (Å²) in [6.45, 7) is 0. The van der Waals surface area contributed by atoms with Crippen molar-refractivity contribution in [2.24, 2.45) is 35.3 Å². The molecule has 4 fully saturated rings. The van der Waals surface area contributed by atoms with Crippen molar-refractivity contribution < 1.29 is 4.79 Å². The third-order valence-electron chi connectivity index (χ3n) is 5.49. The first kappa shape index (κ1) is 11.5. The molecule has 1 atom stereocenters. The molecule has 3 nitrogen and oxygen atoms in total. The molecule has 4 rings (SSSR count). The Kier molecular flexibility index (Phi) is 2.89. The Hall–Kier alpha value is -0.570. The van der Waals surface area contributed by atoms with Gasteiger partial charge in [-0.25, -0.2) is 0 Å². The van der Waals surface area contributed by atoms with Crippen LogP contribution in [0.3, 0.4) is 0 Å². The minimum atomic E-state index is 0.0879. The lowest BCUT2D eigenvalue weighted by atomic mass is 9.50. The third kappa shape index (κ3) is 1.99. The number of hydrogen-bond donors (Lipinski definition) is 2. The summed E-state index contributed by atoms with van der Waals surface area (Å²) in [6, 6.07) is 0.0879. The second-order valence-corrected chi connectivity index (χ2v) is 6.55. The summed E-state index contributed by atoms with van der Waals surface area (Å²) in [4.78, 5) is 11.5. The maximum absolute atomic E-state index is 11.5. The Morgan fingerprint density at radius 3 is 2.18 bits per heavy atom. The molecule has 4 aliphatic rings. The molecular weight excluding hydrogens is 212 g/mol. The van der Waals surface area contributed by atoms with Crippen LogP contribution >= 0.6 is 0 Å². The first-order valence-corrected chi connectivity index (χ1v) is 7.13. The molecule has 0 heterocycles. The molecule has 4 saturated carbocycles. The van der Waals surface area contributed by atoms with Crippen molar-refractivity contribution in [1.29, 1.82) is 0 Å². The van der Waals surface area contributed by atoms with Gasteiger partial charge in [0.15, 0.2) is 0 Å². The van der Waals surface area contributed by atoms with Gasteiger partial charge in [-0.1, -0.05) is 0 Å². The molecule has 1 amide bonds. The average molecular weight is 236 g/mol. The fourth-order valence-electron chi connectivity index (χ4n) is 5.12. The first-order chi connectivity index (χ1) is 8.17. The minimum Gasteiger partial charge on any atom is -0.359 e. The van der Waals surface area contributed by atoms with Gasteiger partial charge in [0.1, 0.15) is 0 Å². The molecule has 4 bridgehead atoms. The predicted molar refractivity (Wildman–Crippen MR) is 67.2 cm³/mol. The van der Waals surface area contributed by atoms with Gasteiger partial charge in [0.2, 0.25) is 5.91 Å². The van der Waals surface area contributed by atoms with Crippen LogP contribution < -0.4 is 11.1 Å². The van der Waals surface area contributed by atoms with Crippen LogP contribution in [-0.2, 0) is 4.79 Å². The molecule has 0 radical (unpaired) electrons. The van der Waals surface area contributed by atoms with Gasteiger partial charge in [0.05, 0.1) is 0 Å². The second-order valence-electron chi connectivity index (χ2n) is 6.55. The van der Waals surface area contributed by atoms with Crippen LogP contribution in [0.1, 0.15) is 38.5 Å². The maximum atomic E-state index is 11.5. The van der Waals surface area contributed by atoms with E-state index in [1.807, 2.05) is 0 Å². The van der Waals surface area contributed by atoms with Gasteiger partial charge in [-0.15, -0.1) is 0 Å². The molecule has 0 aromatic carbocycles. The Morgan fingerprint density at radius 2 is 1.71 bits per heavy atom. The molecule has 96 valence electrons. The number of hydrogen-bond acceptors (Lipinski definition) is 2. The van der Waals surface area contributed by atoms with E-state index in [4.69, 9.17) is 5.73 Å². The zero-order valence-corrected chi connectivity index (χ0v) is 10.7. The van der Waals surface area contributed by atoms with Crippen LogP contribution in [0.5, 0.6) is 0 Å². The van der Waals surface area contributed by atoms with Crippen molar-refractivity contribution in [3.8, 4) is 0 Å². The van der Waals surface area contributed by atoms with Crippen LogP contribution in [0.2, 0.25) is 0 Å². The molecule has 1 unspecified atom stereocenters. The predicted octanol–water partition coefficient (Wildman–Crippen LogP) is 1.52. The number of carbonyl (C=O) groups excluding carboxylic acids is 1. The highest BCUT2D eigenvalue weighted by atomic mass is 16.1. The molecule has 0 aromatic rings. The number of carbonyl (C=O) groups is 1. The van der Waals surface area contributed by atoms with Crippen molar-refractivity contribution >= 4 is 5.91 Å². The summed E-state index contributed by atoms with van der Waals surface area (Å²) in [5.74, 6) is 4.35. The van der Waals surface area contributed by atoms with E-state index < -0.39 is 0 Å². The summed E-state index contributed by atoms with van der Waals surface area (Å²) in [5, 5.41) is 2.70. The summed E-state index contributed by atoms with van der Waals surface area (Å²) in [5.41, 5.74) is 6.31. The maximum Gasteiger partial charge on any atom is 0.221 e. The van der Waals surface area contributed by atoms with Gasteiger partial charge in [-0.05, 0) is 61.7 Å². The Balaban J connectivity index is 1.69. The lowest BCUT2D eigenvalue weighted by Crippen LogP contribution is -2.52. The zero-order chi connectivity index (χ0) is 12.0. The van der Waals surface area contributed by atoms with E-state index >= 15 is 0 Å². The van der Waals surface area contributed by atoms with Crippen LogP contribution in [-0.4, -0.2) is 19.0 Å². The molecular formula is C14H24N2O. The molecule has 0 aliphatic heterocycles. The molecule has 3 N–H and O–H groups in total. The van der Waals surface area contributed by atoms with E-state index in [1.54, 1.807) is 7.05 Å². The third-order valence-corrected chi connectivity index (χ3v) is 5.49. The van der Waals surface area contributed by atoms with Crippen molar-refractivity contribution in [2.45, 2.75) is 44.6 Å². The molecule has 0 spiro atoms. The highest BCUT2D eigenvalue weighted by molar-refractivity contribution is 5.76. The van der Waals surface area contributed by atoms with E-state index in [0.717, 1.165) is 23.7 Å². The molecule has 0 aromatic heterocycles. The monoisotopic (exact) mass is 236 g/mol. The van der Waals surface area contributed by atoms with Crippen LogP contribution in [0.4, 0.5) is 0 Å². The van der Waals surface area contributed by atoms with Gasteiger partial charge in [0, 0.05) is 19.5 Å². The topological polar surface area (TPSA) is 55.1 Å². The van der Waals surface area contributed by atoms with E-state index in [0.29, 0.717) is 12.3 Å². The van der Waals surface area contributed by atoms with Gasteiger partial charge in [-0.3, -0.25) is 4.79 Å². The fraction of sp³-hybridized carbons (Fsp3) is 0.929. The Labute approximate surface area is 104 Å². The summed E-state index contributed by atoms with van der Waals surface area (Å²) < 4.78 is 0. The molecule has 0 saturated heterocycles. The highest BCUT2D eigenvalue weighted by Gasteiger charge is 2.49. The van der Waals surface area contributed by atoms with Crippen LogP contribution in [0.25, 0.3) is 0 Å². The lowest BCUT2D eigenvalue weighted by Gasteiger charge is -2.56. The number of amides is 1. The minimum absolute atomic E-state index is 0.0879. The second kappa shape index (κ2) is 4.27. The average Bonchev–Trinajstić information content (AvgIpc) is 2.27. The Bertz CT molecular complexity index is 287. The quantitative estimate of drug-likeness (QED) is 0.780. The molecule has 3 heteroatoms. The van der Waals surface area contributed by atoms with E-state index in [-0.39, 0.29) is 11.9 Å². The van der Waals surface area contributed by atoms with Crippen molar-refractivity contribution in [3.05, 3.63) is 0 Å². The van der Waals surface area contributed by atoms with Crippen molar-refractivity contribution in [1.82, 2.24) is 5.32 Å². The SMILES string of the molecule is CNC(=O)CC(N)C1C2CC3CC(C2)CC1C3. The summed E-state index contributed by atoms with van der Waals surface area (Å²) in [7, 11) is 1.70. The summed E-state index contributed by atoms with van der Waals surface area (Å²) in [6.07, 6.45) is 7.55. The number of nitrogens with one attached hydrogen (secondary N) is 1. The number of nitrogens with two attached hydrogens (primary N) is 1. The Morgan fingerprint density at radius 1 is 1.18 bits per heavy atom. The summed E-state index contributed by atoms with van der Waals surface area (Å²) >= 11 is 0. The smallest absolute Gasteiger partial charge is 0.221 e.